The summed E-state index contributed by atoms with van der Waals surface area (Å²) in [5.41, 5.74) is 0.163. The minimum Gasteiger partial charge on any atom is -0.497 e. The van der Waals surface area contributed by atoms with Crippen LogP contribution >= 0.6 is 11.8 Å². The molecule has 0 aliphatic heterocycles. The van der Waals surface area contributed by atoms with Gasteiger partial charge in [-0.1, -0.05) is 30.0 Å². The van der Waals surface area contributed by atoms with E-state index in [9.17, 15) is 19.3 Å². The van der Waals surface area contributed by atoms with Crippen molar-refractivity contribution in [2.75, 3.05) is 18.2 Å². The molecular formula is C25H22FN5O5S. The van der Waals surface area contributed by atoms with Crippen LogP contribution in [0.25, 0.3) is 5.69 Å². The smallest absolute Gasteiger partial charge is 0.271 e. The van der Waals surface area contributed by atoms with Crippen LogP contribution in [0.5, 0.6) is 11.5 Å². The predicted molar refractivity (Wildman–Crippen MR) is 136 cm³/mol. The maximum atomic E-state index is 14.1. The van der Waals surface area contributed by atoms with Crippen LogP contribution in [0.4, 0.5) is 15.8 Å². The van der Waals surface area contributed by atoms with Crippen molar-refractivity contribution in [1.82, 2.24) is 14.8 Å². The standard InChI is InChI=1S/C25H22FN5O5S/c1-16(36-20-11-9-19(35-2)10-12-20)24-28-29-25(30(24)17-6-4-3-5-7-17)37-15-23(32)27-22-14-18(31(33)34)8-13-21(22)26/h3-14,16H,15H2,1-2H3,(H,27,32). The summed E-state index contributed by atoms with van der Waals surface area (Å²) in [6.45, 7) is 1.83. The van der Waals surface area contributed by atoms with Crippen LogP contribution in [0.3, 0.4) is 0 Å². The highest BCUT2D eigenvalue weighted by atomic mass is 32.2. The van der Waals surface area contributed by atoms with Gasteiger partial charge in [0, 0.05) is 17.8 Å². The third-order valence-corrected chi connectivity index (χ3v) is 6.10. The molecule has 0 saturated heterocycles. The summed E-state index contributed by atoms with van der Waals surface area (Å²) in [6, 6.07) is 19.4. The topological polar surface area (TPSA) is 121 Å². The SMILES string of the molecule is COc1ccc(OC(C)c2nnc(SCC(=O)Nc3cc([N+](=O)[O-])ccc3F)n2-c2ccccc2)cc1. The van der Waals surface area contributed by atoms with E-state index in [-0.39, 0.29) is 17.1 Å². The molecule has 37 heavy (non-hydrogen) atoms. The molecule has 1 heterocycles. The Morgan fingerprint density at radius 1 is 1.11 bits per heavy atom. The number of methoxy groups -OCH3 is 1. The predicted octanol–water partition coefficient (Wildman–Crippen LogP) is 5.19. The fourth-order valence-electron chi connectivity index (χ4n) is 3.41. The number of carbonyl (C=O) groups excluding carboxylic acids is 1. The number of carbonyl (C=O) groups is 1. The van der Waals surface area contributed by atoms with E-state index in [2.05, 4.69) is 15.5 Å². The van der Waals surface area contributed by atoms with Gasteiger partial charge in [-0.15, -0.1) is 10.2 Å². The Balaban J connectivity index is 1.53. The Morgan fingerprint density at radius 3 is 2.49 bits per heavy atom. The molecule has 1 N–H and O–H groups in total. The molecular weight excluding hydrogens is 501 g/mol. The third-order valence-electron chi connectivity index (χ3n) is 5.18. The maximum Gasteiger partial charge on any atom is 0.271 e. The zero-order chi connectivity index (χ0) is 26.4. The maximum absolute atomic E-state index is 14.1. The molecule has 0 aliphatic carbocycles. The zero-order valence-electron chi connectivity index (χ0n) is 19.8. The lowest BCUT2D eigenvalue weighted by Gasteiger charge is -2.17. The molecule has 4 rings (SSSR count). The Morgan fingerprint density at radius 2 is 1.81 bits per heavy atom. The average Bonchev–Trinajstić information content (AvgIpc) is 3.34. The van der Waals surface area contributed by atoms with Gasteiger partial charge in [0.15, 0.2) is 17.1 Å². The number of aromatic nitrogens is 3. The van der Waals surface area contributed by atoms with Crippen molar-refractivity contribution >= 4 is 29.0 Å². The van der Waals surface area contributed by atoms with E-state index in [0.717, 1.165) is 35.6 Å². The first-order chi connectivity index (χ1) is 17.9. The molecule has 3 aromatic carbocycles. The summed E-state index contributed by atoms with van der Waals surface area (Å²) in [5, 5.41) is 22.3. The summed E-state index contributed by atoms with van der Waals surface area (Å²) in [5.74, 6) is 0.354. The zero-order valence-corrected chi connectivity index (χ0v) is 20.6. The van der Waals surface area contributed by atoms with E-state index < -0.39 is 22.8 Å². The van der Waals surface area contributed by atoms with Crippen LogP contribution in [0, 0.1) is 15.9 Å². The Labute approximate surface area is 215 Å². The normalized spacial score (nSPS) is 11.5. The van der Waals surface area contributed by atoms with Crippen LogP contribution < -0.4 is 14.8 Å². The average molecular weight is 524 g/mol. The van der Waals surface area contributed by atoms with E-state index in [0.29, 0.717) is 22.5 Å². The number of non-ortho nitro benzene ring substituents is 1. The van der Waals surface area contributed by atoms with Crippen LogP contribution in [0.2, 0.25) is 0 Å². The largest absolute Gasteiger partial charge is 0.497 e. The Kier molecular flexibility index (Phi) is 7.98. The van der Waals surface area contributed by atoms with Gasteiger partial charge in [0.05, 0.1) is 23.5 Å². The van der Waals surface area contributed by atoms with Gasteiger partial charge in [-0.2, -0.15) is 0 Å². The quantitative estimate of drug-likeness (QED) is 0.171. The molecule has 0 aliphatic rings. The van der Waals surface area contributed by atoms with Crippen molar-refractivity contribution in [1.29, 1.82) is 0 Å². The highest BCUT2D eigenvalue weighted by molar-refractivity contribution is 7.99. The molecule has 12 heteroatoms. The number of halogens is 1. The molecule has 1 aromatic heterocycles. The molecule has 10 nitrogen and oxygen atoms in total. The molecule has 190 valence electrons. The van der Waals surface area contributed by atoms with Crippen molar-refractivity contribution < 1.29 is 23.6 Å². The fourth-order valence-corrected chi connectivity index (χ4v) is 4.17. The number of hydrogen-bond acceptors (Lipinski definition) is 8. The first-order valence-electron chi connectivity index (χ1n) is 11.0. The molecule has 1 unspecified atom stereocenters. The summed E-state index contributed by atoms with van der Waals surface area (Å²) in [6.07, 6.45) is -0.497. The number of para-hydroxylation sites is 1. The van der Waals surface area contributed by atoms with Crippen LogP contribution in [0.1, 0.15) is 18.9 Å². The molecule has 0 radical (unpaired) electrons. The monoisotopic (exact) mass is 523 g/mol. The van der Waals surface area contributed by atoms with Crippen molar-refractivity contribution in [3.05, 3.63) is 94.6 Å². The molecule has 0 spiro atoms. The molecule has 1 atom stereocenters. The minimum absolute atomic E-state index is 0.138. The summed E-state index contributed by atoms with van der Waals surface area (Å²) < 4.78 is 27.1. The van der Waals surface area contributed by atoms with Gasteiger partial charge in [-0.25, -0.2) is 4.39 Å². The lowest BCUT2D eigenvalue weighted by molar-refractivity contribution is -0.384. The summed E-state index contributed by atoms with van der Waals surface area (Å²) in [7, 11) is 1.58. The molecule has 0 fully saturated rings. The molecule has 4 aromatic rings. The number of amides is 1. The number of thioether (sulfide) groups is 1. The van der Waals surface area contributed by atoms with Crippen molar-refractivity contribution in [3.8, 4) is 17.2 Å². The lowest BCUT2D eigenvalue weighted by Crippen LogP contribution is -2.16. The van der Waals surface area contributed by atoms with Gasteiger partial charge in [0.25, 0.3) is 5.69 Å². The van der Waals surface area contributed by atoms with E-state index in [4.69, 9.17) is 9.47 Å². The lowest BCUT2D eigenvalue weighted by atomic mass is 10.2. The minimum atomic E-state index is -0.775. The Bertz CT molecular complexity index is 1400. The van der Waals surface area contributed by atoms with Gasteiger partial charge in [-0.3, -0.25) is 19.5 Å². The van der Waals surface area contributed by atoms with Crippen molar-refractivity contribution in [3.63, 3.8) is 0 Å². The van der Waals surface area contributed by atoms with Crippen LogP contribution in [-0.2, 0) is 4.79 Å². The third kappa shape index (κ3) is 6.22. The highest BCUT2D eigenvalue weighted by Crippen LogP contribution is 2.29. The second-order valence-electron chi connectivity index (χ2n) is 7.71. The van der Waals surface area contributed by atoms with Gasteiger partial charge in [0.1, 0.15) is 17.3 Å². The van der Waals surface area contributed by atoms with E-state index in [1.165, 1.54) is 0 Å². The first kappa shape index (κ1) is 25.6. The second-order valence-corrected chi connectivity index (χ2v) is 8.65. The highest BCUT2D eigenvalue weighted by Gasteiger charge is 2.22. The van der Waals surface area contributed by atoms with E-state index >= 15 is 0 Å². The van der Waals surface area contributed by atoms with E-state index in [1.54, 1.807) is 35.9 Å². The van der Waals surface area contributed by atoms with Gasteiger partial charge < -0.3 is 14.8 Å². The Hall–Kier alpha value is -4.45. The van der Waals surface area contributed by atoms with Gasteiger partial charge in [0.2, 0.25) is 5.91 Å². The summed E-state index contributed by atoms with van der Waals surface area (Å²) in [4.78, 5) is 22.8. The van der Waals surface area contributed by atoms with Crippen LogP contribution in [-0.4, -0.2) is 38.5 Å². The molecule has 0 saturated carbocycles. The number of nitrogens with zero attached hydrogens (tertiary/aromatic N) is 4. The van der Waals surface area contributed by atoms with E-state index in [1.807, 2.05) is 37.3 Å². The number of rotatable bonds is 10. The fraction of sp³-hybridized carbons (Fsp3) is 0.160. The first-order valence-corrected chi connectivity index (χ1v) is 12.0. The van der Waals surface area contributed by atoms with Crippen LogP contribution in [0.15, 0.2) is 78.0 Å². The molecule has 0 bridgehead atoms. The number of nitro groups is 1. The summed E-state index contributed by atoms with van der Waals surface area (Å²) >= 11 is 1.08. The number of hydrogen-bond donors (Lipinski definition) is 1. The number of ether oxygens (including phenoxy) is 2. The number of nitro benzene ring substituents is 1. The van der Waals surface area contributed by atoms with Crippen molar-refractivity contribution in [2.45, 2.75) is 18.2 Å². The van der Waals surface area contributed by atoms with Crippen molar-refractivity contribution in [2.24, 2.45) is 0 Å². The molecule has 1 amide bonds. The number of benzene rings is 3. The van der Waals surface area contributed by atoms with Gasteiger partial charge in [-0.05, 0) is 49.4 Å². The second kappa shape index (κ2) is 11.5. The van der Waals surface area contributed by atoms with Gasteiger partial charge >= 0.3 is 0 Å². The number of anilines is 1. The number of nitrogens with one attached hydrogen (secondary N) is 1.